The molecule has 17 heavy (non-hydrogen) atoms. The molecule has 2 nitrogen and oxygen atoms in total. The Kier molecular flexibility index (Phi) is 4.00. The van der Waals surface area contributed by atoms with Crippen molar-refractivity contribution in [3.05, 3.63) is 23.3 Å². The maximum Gasteiger partial charge on any atom is 0.0507 e. The molecule has 2 rings (SSSR count). The molecule has 1 aromatic rings. The zero-order valence-electron chi connectivity index (χ0n) is 11.0. The van der Waals surface area contributed by atoms with Crippen LogP contribution < -0.4 is 10.6 Å². The van der Waals surface area contributed by atoms with E-state index in [1.165, 1.54) is 33.9 Å². The number of hydrogen-bond acceptors (Lipinski definition) is 3. The van der Waals surface area contributed by atoms with Crippen LogP contribution in [0.15, 0.2) is 17.0 Å². The molecule has 0 bridgehead atoms. The molecule has 0 radical (unpaired) electrons. The smallest absolute Gasteiger partial charge is 0.0507 e. The predicted molar refractivity (Wildman–Crippen MR) is 77.1 cm³/mol. The second kappa shape index (κ2) is 5.32. The number of nitrogens with two attached hydrogens (primary N) is 1. The number of thioether (sulfide) groups is 1. The van der Waals surface area contributed by atoms with Gasteiger partial charge in [-0.25, -0.2) is 0 Å². The molecule has 94 valence electrons. The summed E-state index contributed by atoms with van der Waals surface area (Å²) in [5.41, 5.74) is 9.78. The van der Waals surface area contributed by atoms with E-state index in [1.807, 2.05) is 11.8 Å². The van der Waals surface area contributed by atoms with Gasteiger partial charge in [0.1, 0.15) is 0 Å². The van der Waals surface area contributed by atoms with Crippen LogP contribution in [0, 0.1) is 13.8 Å². The fourth-order valence-corrected chi connectivity index (χ4v) is 3.66. The Balaban J connectivity index is 2.22. The third-order valence-corrected chi connectivity index (χ3v) is 4.87. The molecule has 3 heteroatoms. The lowest BCUT2D eigenvalue weighted by atomic mass is 10.1. The van der Waals surface area contributed by atoms with Gasteiger partial charge >= 0.3 is 0 Å². The molecule has 0 spiro atoms. The number of aryl methyl sites for hydroxylation is 2. The van der Waals surface area contributed by atoms with Gasteiger partial charge in [-0.15, -0.1) is 11.8 Å². The van der Waals surface area contributed by atoms with Crippen molar-refractivity contribution in [1.82, 2.24) is 0 Å². The van der Waals surface area contributed by atoms with Crippen molar-refractivity contribution in [2.45, 2.75) is 37.6 Å². The Hall–Kier alpha value is -0.670. The van der Waals surface area contributed by atoms with Gasteiger partial charge in [0.2, 0.25) is 0 Å². The van der Waals surface area contributed by atoms with Crippen molar-refractivity contribution in [3.8, 4) is 0 Å². The highest BCUT2D eigenvalue weighted by atomic mass is 32.2. The summed E-state index contributed by atoms with van der Waals surface area (Å²) in [6.07, 6.45) is 2.32. The largest absolute Gasteiger partial charge is 0.370 e. The molecule has 1 aromatic carbocycles. The van der Waals surface area contributed by atoms with Crippen LogP contribution in [0.2, 0.25) is 0 Å². The Morgan fingerprint density at radius 2 is 2.06 bits per heavy atom. The lowest BCUT2D eigenvalue weighted by molar-refractivity contribution is 0.599. The maximum atomic E-state index is 5.60. The number of rotatable bonds is 3. The highest BCUT2D eigenvalue weighted by Crippen LogP contribution is 2.39. The summed E-state index contributed by atoms with van der Waals surface area (Å²) < 4.78 is 0. The number of benzene rings is 1. The van der Waals surface area contributed by atoms with Gasteiger partial charge < -0.3 is 10.6 Å². The summed E-state index contributed by atoms with van der Waals surface area (Å²) in [6.45, 7) is 5.18. The summed E-state index contributed by atoms with van der Waals surface area (Å²) in [6, 6.07) is 5.29. The van der Waals surface area contributed by atoms with E-state index >= 15 is 0 Å². The molecule has 1 aliphatic rings. The third kappa shape index (κ3) is 2.61. The first-order valence-corrected chi connectivity index (χ1v) is 7.29. The molecular weight excluding hydrogens is 228 g/mol. The molecule has 1 unspecified atom stereocenters. The van der Waals surface area contributed by atoms with Gasteiger partial charge in [0.15, 0.2) is 0 Å². The topological polar surface area (TPSA) is 29.3 Å². The molecule has 0 saturated carbocycles. The minimum absolute atomic E-state index is 0.637. The molecule has 0 saturated heterocycles. The van der Waals surface area contributed by atoms with Crippen LogP contribution >= 0.6 is 11.8 Å². The van der Waals surface area contributed by atoms with Crippen LogP contribution in [-0.4, -0.2) is 25.4 Å². The Morgan fingerprint density at radius 3 is 2.76 bits per heavy atom. The lowest BCUT2D eigenvalue weighted by Crippen LogP contribution is -2.37. The van der Waals surface area contributed by atoms with E-state index in [0.29, 0.717) is 6.04 Å². The Bertz CT molecular complexity index is 403. The van der Waals surface area contributed by atoms with E-state index in [9.17, 15) is 0 Å². The molecule has 1 aliphatic heterocycles. The minimum Gasteiger partial charge on any atom is -0.370 e. The summed E-state index contributed by atoms with van der Waals surface area (Å²) in [5, 5.41) is 0. The zero-order chi connectivity index (χ0) is 12.4. The molecule has 0 aromatic heterocycles. The zero-order valence-corrected chi connectivity index (χ0v) is 11.8. The van der Waals surface area contributed by atoms with E-state index < -0.39 is 0 Å². The average Bonchev–Trinajstić information content (AvgIpc) is 2.31. The normalized spacial score (nSPS) is 19.3. The SMILES string of the molecule is Cc1cc2c(cc1C)N(C)C(CCCN)CS2. The van der Waals surface area contributed by atoms with Crippen LogP contribution in [0.3, 0.4) is 0 Å². The number of nitrogens with zero attached hydrogens (tertiary/aromatic N) is 1. The van der Waals surface area contributed by atoms with Crippen molar-refractivity contribution in [3.63, 3.8) is 0 Å². The predicted octanol–water partition coefficient (Wildman–Crippen LogP) is 2.95. The van der Waals surface area contributed by atoms with Gasteiger partial charge in [-0.3, -0.25) is 0 Å². The molecule has 2 N–H and O–H groups in total. The van der Waals surface area contributed by atoms with E-state index in [4.69, 9.17) is 5.73 Å². The molecule has 0 fully saturated rings. The number of hydrogen-bond donors (Lipinski definition) is 1. The van der Waals surface area contributed by atoms with Crippen LogP contribution in [0.4, 0.5) is 5.69 Å². The highest BCUT2D eigenvalue weighted by molar-refractivity contribution is 7.99. The fourth-order valence-electron chi connectivity index (χ4n) is 2.29. The molecule has 0 amide bonds. The highest BCUT2D eigenvalue weighted by Gasteiger charge is 2.23. The first kappa shape index (κ1) is 12.8. The third-order valence-electron chi connectivity index (χ3n) is 3.68. The van der Waals surface area contributed by atoms with Gasteiger partial charge in [-0.1, -0.05) is 0 Å². The maximum absolute atomic E-state index is 5.60. The average molecular weight is 250 g/mol. The van der Waals surface area contributed by atoms with Crippen LogP contribution in [0.5, 0.6) is 0 Å². The van der Waals surface area contributed by atoms with E-state index in [-0.39, 0.29) is 0 Å². The molecule has 0 aliphatic carbocycles. The molecular formula is C14H22N2S. The van der Waals surface area contributed by atoms with E-state index in [2.05, 4.69) is 37.9 Å². The summed E-state index contributed by atoms with van der Waals surface area (Å²) in [5.74, 6) is 1.19. The van der Waals surface area contributed by atoms with Crippen molar-refractivity contribution < 1.29 is 0 Å². The van der Waals surface area contributed by atoms with Crippen LogP contribution in [0.1, 0.15) is 24.0 Å². The van der Waals surface area contributed by atoms with Crippen LogP contribution in [0.25, 0.3) is 0 Å². The quantitative estimate of drug-likeness (QED) is 0.894. The number of anilines is 1. The van der Waals surface area contributed by atoms with Gasteiger partial charge in [0.05, 0.1) is 5.69 Å². The summed E-state index contributed by atoms with van der Waals surface area (Å²) in [7, 11) is 2.22. The standard InChI is InChI=1S/C14H22N2S/c1-10-7-13-14(8-11(10)2)17-9-12(16(13)3)5-4-6-15/h7-8,12H,4-6,9,15H2,1-3H3. The van der Waals surface area contributed by atoms with Gasteiger partial charge in [0, 0.05) is 23.7 Å². The van der Waals surface area contributed by atoms with Gasteiger partial charge in [0.25, 0.3) is 0 Å². The van der Waals surface area contributed by atoms with Gasteiger partial charge in [-0.2, -0.15) is 0 Å². The molecule has 1 heterocycles. The molecule has 1 atom stereocenters. The van der Waals surface area contributed by atoms with Crippen molar-refractivity contribution in [2.75, 3.05) is 24.2 Å². The van der Waals surface area contributed by atoms with E-state index in [0.717, 1.165) is 13.0 Å². The monoisotopic (exact) mass is 250 g/mol. The lowest BCUT2D eigenvalue weighted by Gasteiger charge is -2.36. The number of fused-ring (bicyclic) bond motifs is 1. The van der Waals surface area contributed by atoms with E-state index in [1.54, 1.807) is 0 Å². The van der Waals surface area contributed by atoms with Crippen molar-refractivity contribution >= 4 is 17.4 Å². The summed E-state index contributed by atoms with van der Waals surface area (Å²) in [4.78, 5) is 3.87. The van der Waals surface area contributed by atoms with Gasteiger partial charge in [-0.05, 0) is 56.5 Å². The van der Waals surface area contributed by atoms with Crippen molar-refractivity contribution in [1.29, 1.82) is 0 Å². The first-order chi connectivity index (χ1) is 8.13. The van der Waals surface area contributed by atoms with Crippen LogP contribution in [-0.2, 0) is 0 Å². The Labute approximate surface area is 109 Å². The van der Waals surface area contributed by atoms with Crippen molar-refractivity contribution in [2.24, 2.45) is 5.73 Å². The Morgan fingerprint density at radius 1 is 1.35 bits per heavy atom. The summed E-state index contributed by atoms with van der Waals surface area (Å²) >= 11 is 1.99. The first-order valence-electron chi connectivity index (χ1n) is 6.30. The second-order valence-electron chi connectivity index (χ2n) is 4.91. The fraction of sp³-hybridized carbons (Fsp3) is 0.571. The minimum atomic E-state index is 0.637. The second-order valence-corrected chi connectivity index (χ2v) is 5.97.